The molecular weight excluding hydrogens is 358 g/mol. The van der Waals surface area contributed by atoms with Gasteiger partial charge in [-0.25, -0.2) is 4.79 Å². The topological polar surface area (TPSA) is 65.1 Å². The molecule has 6 heteroatoms. The van der Waals surface area contributed by atoms with E-state index in [4.69, 9.17) is 14.2 Å². The molecule has 0 aliphatic heterocycles. The lowest BCUT2D eigenvalue weighted by Gasteiger charge is -2.17. The van der Waals surface area contributed by atoms with Crippen LogP contribution in [0, 0.1) is 6.92 Å². The number of hydrogen-bond acceptors (Lipinski definition) is 5. The van der Waals surface area contributed by atoms with Gasteiger partial charge in [-0.1, -0.05) is 42.0 Å². The van der Waals surface area contributed by atoms with E-state index < -0.39 is 5.97 Å². The summed E-state index contributed by atoms with van der Waals surface area (Å²) >= 11 is 0. The highest BCUT2D eigenvalue weighted by molar-refractivity contribution is 5.89. The van der Waals surface area contributed by atoms with Gasteiger partial charge in [0.15, 0.2) is 18.1 Å². The number of carbonyl (C=O) groups excluding carboxylic acids is 2. The van der Waals surface area contributed by atoms with Crippen molar-refractivity contribution in [3.8, 4) is 11.5 Å². The zero-order valence-electron chi connectivity index (χ0n) is 16.6. The first-order valence-electron chi connectivity index (χ1n) is 8.80. The first-order chi connectivity index (χ1) is 13.4. The van der Waals surface area contributed by atoms with Gasteiger partial charge in [-0.05, 0) is 24.6 Å². The molecule has 28 heavy (non-hydrogen) atoms. The number of esters is 1. The third-order valence-corrected chi connectivity index (χ3v) is 4.14. The quantitative estimate of drug-likeness (QED) is 0.517. The van der Waals surface area contributed by atoms with Gasteiger partial charge >= 0.3 is 5.97 Å². The van der Waals surface area contributed by atoms with Gasteiger partial charge in [-0.15, -0.1) is 0 Å². The van der Waals surface area contributed by atoms with Crippen molar-refractivity contribution < 1.29 is 23.8 Å². The molecule has 0 aliphatic rings. The van der Waals surface area contributed by atoms with E-state index in [9.17, 15) is 9.59 Å². The van der Waals surface area contributed by atoms with E-state index in [1.165, 1.54) is 18.1 Å². The van der Waals surface area contributed by atoms with Crippen molar-refractivity contribution in [1.82, 2.24) is 4.90 Å². The number of ether oxygens (including phenoxy) is 3. The smallest absolute Gasteiger partial charge is 0.331 e. The van der Waals surface area contributed by atoms with Gasteiger partial charge < -0.3 is 19.1 Å². The normalized spacial score (nSPS) is 10.6. The Morgan fingerprint density at radius 1 is 1.04 bits per heavy atom. The second-order valence-electron chi connectivity index (χ2n) is 6.26. The predicted molar refractivity (Wildman–Crippen MR) is 107 cm³/mol. The highest BCUT2D eigenvalue weighted by atomic mass is 16.5. The Labute approximate surface area is 165 Å². The minimum absolute atomic E-state index is 0.277. The maximum atomic E-state index is 12.2. The van der Waals surface area contributed by atoms with Crippen molar-refractivity contribution >= 4 is 18.0 Å². The largest absolute Gasteiger partial charge is 0.493 e. The van der Waals surface area contributed by atoms with Gasteiger partial charge in [-0.2, -0.15) is 0 Å². The Morgan fingerprint density at radius 2 is 1.75 bits per heavy atom. The van der Waals surface area contributed by atoms with Crippen LogP contribution >= 0.6 is 0 Å². The Bertz CT molecular complexity index is 843. The molecule has 1 amide bonds. The van der Waals surface area contributed by atoms with Crippen molar-refractivity contribution in [3.63, 3.8) is 0 Å². The van der Waals surface area contributed by atoms with Gasteiger partial charge in [0.25, 0.3) is 5.91 Å². The molecule has 6 nitrogen and oxygen atoms in total. The maximum absolute atomic E-state index is 12.2. The number of aryl methyl sites for hydroxylation is 1. The number of carbonyl (C=O) groups is 2. The molecule has 2 rings (SSSR count). The van der Waals surface area contributed by atoms with Crippen molar-refractivity contribution in [2.45, 2.75) is 13.5 Å². The lowest BCUT2D eigenvalue weighted by molar-refractivity contribution is -0.147. The molecule has 0 N–H and O–H groups in total. The van der Waals surface area contributed by atoms with Crippen LogP contribution in [0.1, 0.15) is 16.7 Å². The van der Waals surface area contributed by atoms with Gasteiger partial charge in [0.2, 0.25) is 0 Å². The number of para-hydroxylation sites is 1. The molecule has 0 aromatic heterocycles. The minimum atomic E-state index is -0.609. The fraction of sp³-hybridized carbons (Fsp3) is 0.273. The van der Waals surface area contributed by atoms with Crippen molar-refractivity contribution in [1.29, 1.82) is 0 Å². The molecule has 0 saturated carbocycles. The fourth-order valence-electron chi connectivity index (χ4n) is 2.55. The lowest BCUT2D eigenvalue weighted by Crippen LogP contribution is -2.30. The molecule has 2 aromatic carbocycles. The second kappa shape index (κ2) is 10.2. The first-order valence-corrected chi connectivity index (χ1v) is 8.80. The van der Waals surface area contributed by atoms with Crippen molar-refractivity contribution in [3.05, 3.63) is 65.2 Å². The van der Waals surface area contributed by atoms with Crippen LogP contribution in [0.3, 0.4) is 0 Å². The SMILES string of the molecule is COc1cccc(/C=C/C(=O)OCC(=O)N(C)Cc2ccc(C)cc2)c1OC. The molecule has 0 aliphatic carbocycles. The van der Waals surface area contributed by atoms with E-state index in [1.807, 2.05) is 31.2 Å². The van der Waals surface area contributed by atoms with Gasteiger partial charge in [0.05, 0.1) is 14.2 Å². The molecule has 0 fully saturated rings. The van der Waals surface area contributed by atoms with Crippen LogP contribution in [-0.2, 0) is 20.9 Å². The highest BCUT2D eigenvalue weighted by Crippen LogP contribution is 2.31. The summed E-state index contributed by atoms with van der Waals surface area (Å²) in [5.41, 5.74) is 2.84. The monoisotopic (exact) mass is 383 g/mol. The van der Waals surface area contributed by atoms with Crippen LogP contribution in [0.2, 0.25) is 0 Å². The number of hydrogen-bond donors (Lipinski definition) is 0. The number of nitrogens with zero attached hydrogens (tertiary/aromatic N) is 1. The van der Waals surface area contributed by atoms with E-state index in [2.05, 4.69) is 0 Å². The van der Waals surface area contributed by atoms with E-state index >= 15 is 0 Å². The molecule has 2 aromatic rings. The number of likely N-dealkylation sites (N-methyl/N-ethyl adjacent to an activating group) is 1. The Kier molecular flexibility index (Phi) is 7.63. The van der Waals surface area contributed by atoms with E-state index in [-0.39, 0.29) is 12.5 Å². The summed E-state index contributed by atoms with van der Waals surface area (Å²) in [6.45, 7) is 2.14. The third-order valence-electron chi connectivity index (χ3n) is 4.14. The average Bonchev–Trinajstić information content (AvgIpc) is 2.71. The average molecular weight is 383 g/mol. The molecule has 0 radical (unpaired) electrons. The molecule has 0 saturated heterocycles. The summed E-state index contributed by atoms with van der Waals surface area (Å²) in [6.07, 6.45) is 2.81. The Balaban J connectivity index is 1.88. The first kappa shape index (κ1) is 21.0. The van der Waals surface area contributed by atoms with E-state index in [1.54, 1.807) is 38.4 Å². The zero-order valence-corrected chi connectivity index (χ0v) is 16.6. The van der Waals surface area contributed by atoms with Crippen LogP contribution in [0.15, 0.2) is 48.5 Å². The van der Waals surface area contributed by atoms with E-state index in [0.717, 1.165) is 11.1 Å². The number of benzene rings is 2. The summed E-state index contributed by atoms with van der Waals surface area (Å²) in [5.74, 6) is 0.192. The van der Waals surface area contributed by atoms with Crippen molar-refractivity contribution in [2.75, 3.05) is 27.9 Å². The van der Waals surface area contributed by atoms with Crippen LogP contribution in [-0.4, -0.2) is 44.7 Å². The molecule has 148 valence electrons. The fourth-order valence-corrected chi connectivity index (χ4v) is 2.55. The van der Waals surface area contributed by atoms with Gasteiger partial charge in [-0.3, -0.25) is 4.79 Å². The highest BCUT2D eigenvalue weighted by Gasteiger charge is 2.12. The second-order valence-corrected chi connectivity index (χ2v) is 6.26. The Hall–Kier alpha value is -3.28. The summed E-state index contributed by atoms with van der Waals surface area (Å²) in [7, 11) is 4.74. The summed E-state index contributed by atoms with van der Waals surface area (Å²) in [5, 5.41) is 0. The summed E-state index contributed by atoms with van der Waals surface area (Å²) in [6, 6.07) is 13.3. The lowest BCUT2D eigenvalue weighted by atomic mass is 10.1. The zero-order chi connectivity index (χ0) is 20.5. The van der Waals surface area contributed by atoms with Gasteiger partial charge in [0, 0.05) is 25.2 Å². The van der Waals surface area contributed by atoms with Gasteiger partial charge in [0.1, 0.15) is 0 Å². The summed E-state index contributed by atoms with van der Waals surface area (Å²) < 4.78 is 15.6. The molecule has 0 unspecified atom stereocenters. The minimum Gasteiger partial charge on any atom is -0.493 e. The maximum Gasteiger partial charge on any atom is 0.331 e. The number of rotatable bonds is 8. The van der Waals surface area contributed by atoms with E-state index in [0.29, 0.717) is 23.6 Å². The predicted octanol–water partition coefficient (Wildman–Crippen LogP) is 3.23. The molecule has 0 heterocycles. The van der Waals surface area contributed by atoms with Crippen LogP contribution < -0.4 is 9.47 Å². The van der Waals surface area contributed by atoms with Crippen LogP contribution in [0.5, 0.6) is 11.5 Å². The molecule has 0 spiro atoms. The number of amides is 1. The molecule has 0 bridgehead atoms. The summed E-state index contributed by atoms with van der Waals surface area (Å²) in [4.78, 5) is 25.6. The van der Waals surface area contributed by atoms with Crippen LogP contribution in [0.25, 0.3) is 6.08 Å². The molecular formula is C22H25NO5. The Morgan fingerprint density at radius 3 is 2.39 bits per heavy atom. The third kappa shape index (κ3) is 5.87. The standard InChI is InChI=1S/C22H25NO5/c1-16-8-10-17(11-9-16)14-23(2)20(24)15-28-21(25)13-12-18-6-5-7-19(26-3)22(18)27-4/h5-13H,14-15H2,1-4H3/b13-12+. The van der Waals surface area contributed by atoms with Crippen molar-refractivity contribution in [2.24, 2.45) is 0 Å². The van der Waals surface area contributed by atoms with Crippen LogP contribution in [0.4, 0.5) is 0 Å². The number of methoxy groups -OCH3 is 2. The molecule has 0 atom stereocenters.